The second kappa shape index (κ2) is 3.18. The van der Waals surface area contributed by atoms with Crippen LogP contribution in [0.25, 0.3) is 0 Å². The smallest absolute Gasteiger partial charge is 0.222 e. The van der Waals surface area contributed by atoms with Crippen LogP contribution in [0.15, 0.2) is 12.4 Å². The Hall–Kier alpha value is -1.36. The Bertz CT molecular complexity index is 281. The summed E-state index contributed by atoms with van der Waals surface area (Å²) in [5, 5.41) is 12.1. The summed E-state index contributed by atoms with van der Waals surface area (Å²) in [6.45, 7) is 0. The fraction of sp³-hybridized carbons (Fsp3) is 0.500. The Labute approximate surface area is 76.0 Å². The van der Waals surface area contributed by atoms with E-state index < -0.39 is 0 Å². The highest BCUT2D eigenvalue weighted by molar-refractivity contribution is 5.36. The van der Waals surface area contributed by atoms with Crippen LogP contribution in [0.2, 0.25) is 0 Å². The second-order valence-electron chi connectivity index (χ2n) is 3.31. The molecular formula is C8H12N4O. The Balaban J connectivity index is 1.91. The first kappa shape index (κ1) is 8.25. The van der Waals surface area contributed by atoms with Crippen molar-refractivity contribution in [2.24, 2.45) is 0 Å². The maximum Gasteiger partial charge on any atom is 0.222 e. The van der Waals surface area contributed by atoms with Gasteiger partial charge in [-0.25, -0.2) is 9.97 Å². The third-order valence-corrected chi connectivity index (χ3v) is 2.12. The van der Waals surface area contributed by atoms with Crippen molar-refractivity contribution in [3.05, 3.63) is 12.4 Å². The third-order valence-electron chi connectivity index (χ3n) is 2.12. The summed E-state index contributed by atoms with van der Waals surface area (Å²) >= 11 is 0. The van der Waals surface area contributed by atoms with Crippen molar-refractivity contribution in [3.63, 3.8) is 0 Å². The molecule has 1 heterocycles. The number of aliphatic hydroxyl groups excluding tert-OH is 1. The lowest BCUT2D eigenvalue weighted by molar-refractivity contribution is 0.0834. The van der Waals surface area contributed by atoms with E-state index in [1.807, 2.05) is 0 Å². The predicted molar refractivity (Wildman–Crippen MR) is 49.1 cm³/mol. The molecule has 5 heteroatoms. The van der Waals surface area contributed by atoms with Crippen molar-refractivity contribution < 1.29 is 5.11 Å². The molecule has 0 aliphatic heterocycles. The van der Waals surface area contributed by atoms with Gasteiger partial charge in [-0.05, 0) is 12.8 Å². The van der Waals surface area contributed by atoms with Gasteiger partial charge in [0, 0.05) is 6.04 Å². The van der Waals surface area contributed by atoms with Gasteiger partial charge < -0.3 is 16.2 Å². The van der Waals surface area contributed by atoms with Crippen LogP contribution in [0.4, 0.5) is 11.6 Å². The highest BCUT2D eigenvalue weighted by Crippen LogP contribution is 2.22. The van der Waals surface area contributed by atoms with Gasteiger partial charge in [-0.2, -0.15) is 0 Å². The zero-order valence-corrected chi connectivity index (χ0v) is 7.14. The Morgan fingerprint density at radius 2 is 2.00 bits per heavy atom. The van der Waals surface area contributed by atoms with Crippen LogP contribution < -0.4 is 11.1 Å². The first-order chi connectivity index (χ1) is 6.24. The van der Waals surface area contributed by atoms with E-state index in [1.54, 1.807) is 12.4 Å². The molecule has 0 bridgehead atoms. The predicted octanol–water partition coefficient (Wildman–Crippen LogP) is -0.00600. The minimum atomic E-state index is -0.161. The molecule has 1 aliphatic rings. The molecule has 1 fully saturated rings. The topological polar surface area (TPSA) is 84.1 Å². The molecule has 0 spiro atoms. The van der Waals surface area contributed by atoms with Gasteiger partial charge in [0.05, 0.1) is 24.2 Å². The zero-order valence-electron chi connectivity index (χ0n) is 7.14. The monoisotopic (exact) mass is 180 g/mol. The first-order valence-electron chi connectivity index (χ1n) is 4.26. The van der Waals surface area contributed by atoms with E-state index in [0.29, 0.717) is 17.7 Å². The summed E-state index contributed by atoms with van der Waals surface area (Å²) in [6, 6.07) is 0.304. The number of nitrogens with one attached hydrogen (secondary N) is 1. The van der Waals surface area contributed by atoms with E-state index >= 15 is 0 Å². The molecule has 1 aromatic heterocycles. The van der Waals surface area contributed by atoms with Crippen molar-refractivity contribution in [2.45, 2.75) is 25.0 Å². The summed E-state index contributed by atoms with van der Waals surface area (Å²) in [4.78, 5) is 7.99. The van der Waals surface area contributed by atoms with Crippen molar-refractivity contribution in [2.75, 3.05) is 11.1 Å². The average Bonchev–Trinajstić information content (AvgIpc) is 2.06. The molecule has 1 aliphatic carbocycles. The molecule has 4 N–H and O–H groups in total. The molecule has 2 rings (SSSR count). The zero-order chi connectivity index (χ0) is 9.26. The van der Waals surface area contributed by atoms with Gasteiger partial charge in [0.25, 0.3) is 0 Å². The van der Waals surface area contributed by atoms with Gasteiger partial charge in [0.1, 0.15) is 0 Å². The summed E-state index contributed by atoms with van der Waals surface area (Å²) < 4.78 is 0. The van der Waals surface area contributed by atoms with Gasteiger partial charge in [-0.15, -0.1) is 0 Å². The number of anilines is 2. The van der Waals surface area contributed by atoms with Crippen LogP contribution in [0.5, 0.6) is 0 Å². The number of aliphatic hydroxyl groups is 1. The van der Waals surface area contributed by atoms with Gasteiger partial charge >= 0.3 is 0 Å². The lowest BCUT2D eigenvalue weighted by Crippen LogP contribution is -2.39. The van der Waals surface area contributed by atoms with Crippen LogP contribution in [0, 0.1) is 0 Å². The molecule has 5 nitrogen and oxygen atoms in total. The number of nitrogens with zero attached hydrogens (tertiary/aromatic N) is 2. The van der Waals surface area contributed by atoms with E-state index in [4.69, 9.17) is 10.8 Å². The lowest BCUT2D eigenvalue weighted by atomic mass is 9.90. The van der Waals surface area contributed by atoms with Gasteiger partial charge in [0.15, 0.2) is 0 Å². The number of nitrogens with two attached hydrogens (primary N) is 1. The minimum Gasteiger partial charge on any atom is -0.396 e. The summed E-state index contributed by atoms with van der Waals surface area (Å²) in [7, 11) is 0. The van der Waals surface area contributed by atoms with Crippen LogP contribution >= 0.6 is 0 Å². The Morgan fingerprint density at radius 3 is 2.54 bits per heavy atom. The molecule has 0 saturated heterocycles. The molecule has 0 radical (unpaired) electrons. The average molecular weight is 180 g/mol. The van der Waals surface area contributed by atoms with E-state index in [-0.39, 0.29) is 6.10 Å². The summed E-state index contributed by atoms with van der Waals surface area (Å²) in [6.07, 6.45) is 4.50. The van der Waals surface area contributed by atoms with Crippen molar-refractivity contribution >= 4 is 11.6 Å². The number of hydrogen-bond donors (Lipinski definition) is 3. The molecule has 0 amide bonds. The van der Waals surface area contributed by atoms with E-state index in [1.165, 1.54) is 0 Å². The largest absolute Gasteiger partial charge is 0.396 e. The third kappa shape index (κ3) is 1.86. The summed E-state index contributed by atoms with van der Waals surface area (Å²) in [5.41, 5.74) is 5.99. The van der Waals surface area contributed by atoms with E-state index in [2.05, 4.69) is 15.3 Å². The molecule has 70 valence electrons. The van der Waals surface area contributed by atoms with Crippen LogP contribution in [0.3, 0.4) is 0 Å². The lowest BCUT2D eigenvalue weighted by Gasteiger charge is -2.31. The van der Waals surface area contributed by atoms with Crippen LogP contribution in [-0.2, 0) is 0 Å². The van der Waals surface area contributed by atoms with Crippen molar-refractivity contribution in [3.8, 4) is 0 Å². The second-order valence-corrected chi connectivity index (χ2v) is 3.31. The highest BCUT2D eigenvalue weighted by atomic mass is 16.3. The van der Waals surface area contributed by atoms with Gasteiger partial charge in [0.2, 0.25) is 5.95 Å². The van der Waals surface area contributed by atoms with Gasteiger partial charge in [-0.1, -0.05) is 0 Å². The number of aromatic nitrogens is 2. The van der Waals surface area contributed by atoms with E-state index in [9.17, 15) is 0 Å². The SMILES string of the molecule is Nc1cnc(NC2CC(O)C2)nc1. The number of nitrogen functional groups attached to an aromatic ring is 1. The maximum absolute atomic E-state index is 9.04. The number of rotatable bonds is 2. The van der Waals surface area contributed by atoms with Crippen molar-refractivity contribution in [1.29, 1.82) is 0 Å². The molecular weight excluding hydrogens is 168 g/mol. The Kier molecular flexibility index (Phi) is 2.02. The molecule has 1 saturated carbocycles. The molecule has 0 unspecified atom stereocenters. The highest BCUT2D eigenvalue weighted by Gasteiger charge is 2.27. The summed E-state index contributed by atoms with van der Waals surface area (Å²) in [5.74, 6) is 0.575. The number of hydrogen-bond acceptors (Lipinski definition) is 5. The molecule has 1 aromatic rings. The molecule has 0 aromatic carbocycles. The maximum atomic E-state index is 9.04. The standard InChI is InChI=1S/C8H12N4O/c9-5-3-10-8(11-4-5)12-6-1-7(13)2-6/h3-4,6-7,13H,1-2,9H2,(H,10,11,12). The van der Waals surface area contributed by atoms with Crippen LogP contribution in [-0.4, -0.2) is 27.2 Å². The minimum absolute atomic E-state index is 0.161. The Morgan fingerprint density at radius 1 is 1.38 bits per heavy atom. The van der Waals surface area contributed by atoms with E-state index in [0.717, 1.165) is 12.8 Å². The fourth-order valence-electron chi connectivity index (χ4n) is 1.30. The fourth-order valence-corrected chi connectivity index (χ4v) is 1.30. The molecule has 13 heavy (non-hydrogen) atoms. The first-order valence-corrected chi connectivity index (χ1v) is 4.26. The van der Waals surface area contributed by atoms with Crippen molar-refractivity contribution in [1.82, 2.24) is 9.97 Å². The van der Waals surface area contributed by atoms with Gasteiger partial charge in [-0.3, -0.25) is 0 Å². The quantitative estimate of drug-likeness (QED) is 0.596. The van der Waals surface area contributed by atoms with Crippen LogP contribution in [0.1, 0.15) is 12.8 Å². The molecule has 0 atom stereocenters. The normalized spacial score (nSPS) is 26.5.